The Balaban J connectivity index is 0.00000182. The summed E-state index contributed by atoms with van der Waals surface area (Å²) in [5, 5.41) is 11.5. The van der Waals surface area contributed by atoms with Gasteiger partial charge in [0, 0.05) is 22.8 Å². The van der Waals surface area contributed by atoms with E-state index in [0.29, 0.717) is 12.5 Å². The number of anilines is 1. The van der Waals surface area contributed by atoms with Crippen molar-refractivity contribution in [1.82, 2.24) is 0 Å². The lowest BCUT2D eigenvalue weighted by molar-refractivity contribution is -0.508. The highest BCUT2D eigenvalue weighted by atomic mass is 127. The third-order valence-corrected chi connectivity index (χ3v) is 3.84. The zero-order chi connectivity index (χ0) is 16.2. The molecule has 1 aliphatic heterocycles. The first-order chi connectivity index (χ1) is 11.9. The van der Waals surface area contributed by atoms with Crippen LogP contribution in [0.15, 0.2) is 101 Å². The molecule has 0 aromatic heterocycles. The van der Waals surface area contributed by atoms with E-state index >= 15 is 0 Å². The van der Waals surface area contributed by atoms with Crippen LogP contribution in [-0.2, 0) is 0 Å². The van der Waals surface area contributed by atoms with E-state index in [1.165, 1.54) is 0 Å². The van der Waals surface area contributed by atoms with E-state index in [9.17, 15) is 0 Å². The number of rotatable bonds is 3. The summed E-state index contributed by atoms with van der Waals surface area (Å²) in [7, 11) is 0. The Morgan fingerprint density at radius 2 is 1.28 bits per heavy atom. The van der Waals surface area contributed by atoms with Crippen LogP contribution in [0.25, 0.3) is 0 Å². The summed E-state index contributed by atoms with van der Waals surface area (Å²) < 4.78 is 1.97. The summed E-state index contributed by atoms with van der Waals surface area (Å²) >= 11 is 0. The van der Waals surface area contributed by atoms with Gasteiger partial charge < -0.3 is 24.0 Å². The van der Waals surface area contributed by atoms with E-state index in [-0.39, 0.29) is 24.0 Å². The molecule has 0 amide bonds. The van der Waals surface area contributed by atoms with E-state index in [4.69, 9.17) is 10.2 Å². The molecule has 1 aliphatic rings. The third kappa shape index (κ3) is 3.93. The van der Waals surface area contributed by atoms with Gasteiger partial charge in [-0.2, -0.15) is 0 Å². The number of hydrogen-bond acceptors (Lipinski definition) is 3. The Labute approximate surface area is 164 Å². The predicted molar refractivity (Wildman–Crippen MR) is 95.6 cm³/mol. The van der Waals surface area contributed by atoms with Crippen molar-refractivity contribution >= 4 is 17.2 Å². The van der Waals surface area contributed by atoms with Gasteiger partial charge in [-0.3, -0.25) is 0 Å². The van der Waals surface area contributed by atoms with Crippen LogP contribution in [0, 0.1) is 0 Å². The first-order valence-electron chi connectivity index (χ1n) is 7.91. The van der Waals surface area contributed by atoms with Gasteiger partial charge in [-0.1, -0.05) is 71.4 Å². The second-order valence-electron chi connectivity index (χ2n) is 5.50. The third-order valence-electron chi connectivity index (χ3n) is 3.84. The van der Waals surface area contributed by atoms with Gasteiger partial charge in [0.25, 0.3) is 6.67 Å². The van der Waals surface area contributed by atoms with Crippen LogP contribution in [0.4, 0.5) is 11.4 Å². The lowest BCUT2D eigenvalue weighted by Gasteiger charge is -2.20. The van der Waals surface area contributed by atoms with E-state index < -0.39 is 0 Å². The molecule has 5 heteroatoms. The minimum atomic E-state index is 0. The molecule has 0 unspecified atom stereocenters. The molecule has 4 rings (SSSR count). The van der Waals surface area contributed by atoms with Gasteiger partial charge in [0.1, 0.15) is 0 Å². The number of para-hydroxylation sites is 2. The summed E-state index contributed by atoms with van der Waals surface area (Å²) in [4.78, 5) is 0. The molecule has 0 bridgehead atoms. The Hall–Kier alpha value is -2.54. The Bertz CT molecular complexity index is 877. The first kappa shape index (κ1) is 17.3. The molecule has 124 valence electrons. The van der Waals surface area contributed by atoms with Crippen LogP contribution in [0.3, 0.4) is 0 Å². The standard InChI is InChI=1S/C20H17N4.HI/c1-4-10-17(11-5-1)20-21-23(18-12-6-2-7-13-18)16-24(22-20)19-14-8-3-9-15-19;/h1-15H,16H2;1H/q+1;/p-1. The van der Waals surface area contributed by atoms with Gasteiger partial charge in [-0.05, 0) is 12.1 Å². The SMILES string of the molecule is [I-].c1ccc(C2=NN(c3ccccc3)C[N+](c3ccccc3)=N2)cc1. The fourth-order valence-electron chi connectivity index (χ4n) is 2.62. The number of halogens is 1. The molecule has 25 heavy (non-hydrogen) atoms. The molecular weight excluding hydrogens is 423 g/mol. The molecule has 0 spiro atoms. The van der Waals surface area contributed by atoms with Crippen molar-refractivity contribution in [2.45, 2.75) is 0 Å². The maximum atomic E-state index is 4.74. The molecule has 3 aromatic rings. The second-order valence-corrected chi connectivity index (χ2v) is 5.50. The molecular formula is C20H17IN4. The zero-order valence-electron chi connectivity index (χ0n) is 13.5. The summed E-state index contributed by atoms with van der Waals surface area (Å²) in [5.74, 6) is 0.703. The summed E-state index contributed by atoms with van der Waals surface area (Å²) in [6, 6.07) is 30.4. The second kappa shape index (κ2) is 8.02. The fourth-order valence-corrected chi connectivity index (χ4v) is 2.62. The quantitative estimate of drug-likeness (QED) is 0.450. The molecule has 0 N–H and O–H groups in total. The average Bonchev–Trinajstić information content (AvgIpc) is 2.70. The number of nitrogens with zero attached hydrogens (tertiary/aromatic N) is 4. The Morgan fingerprint density at radius 3 is 1.92 bits per heavy atom. The van der Waals surface area contributed by atoms with Crippen molar-refractivity contribution in [2.24, 2.45) is 10.2 Å². The Morgan fingerprint density at radius 1 is 0.720 bits per heavy atom. The van der Waals surface area contributed by atoms with Crippen LogP contribution in [0.1, 0.15) is 5.56 Å². The number of amidine groups is 1. The summed E-state index contributed by atoms with van der Waals surface area (Å²) in [5.41, 5.74) is 3.09. The lowest BCUT2D eigenvalue weighted by atomic mass is 10.2. The van der Waals surface area contributed by atoms with Crippen molar-refractivity contribution < 1.29 is 28.7 Å². The number of hydrazone groups is 1. The molecule has 0 aliphatic carbocycles. The minimum Gasteiger partial charge on any atom is -1.00 e. The van der Waals surface area contributed by atoms with Gasteiger partial charge in [-0.15, -0.1) is 5.10 Å². The van der Waals surface area contributed by atoms with Gasteiger partial charge in [0.2, 0.25) is 11.5 Å². The van der Waals surface area contributed by atoms with Gasteiger partial charge >= 0.3 is 0 Å². The van der Waals surface area contributed by atoms with Crippen LogP contribution in [0.5, 0.6) is 0 Å². The smallest absolute Gasteiger partial charge is 0.269 e. The molecule has 0 saturated heterocycles. The number of azo groups is 2. The number of hydrogen-bond donors (Lipinski definition) is 0. The van der Waals surface area contributed by atoms with Crippen LogP contribution in [0.2, 0.25) is 0 Å². The molecule has 1 heterocycles. The van der Waals surface area contributed by atoms with Crippen molar-refractivity contribution in [3.63, 3.8) is 0 Å². The van der Waals surface area contributed by atoms with Crippen molar-refractivity contribution in [3.05, 3.63) is 96.6 Å². The summed E-state index contributed by atoms with van der Waals surface area (Å²) in [6.07, 6.45) is 0. The maximum absolute atomic E-state index is 4.74. The monoisotopic (exact) mass is 440 g/mol. The maximum Gasteiger partial charge on any atom is 0.269 e. The van der Waals surface area contributed by atoms with E-state index in [2.05, 4.69) is 24.3 Å². The van der Waals surface area contributed by atoms with E-state index in [1.807, 2.05) is 76.4 Å². The van der Waals surface area contributed by atoms with Crippen LogP contribution in [-0.4, -0.2) is 17.2 Å². The van der Waals surface area contributed by atoms with Gasteiger partial charge in [0.05, 0.1) is 5.69 Å². The fraction of sp³-hybridized carbons (Fsp3) is 0.0500. The molecule has 3 aromatic carbocycles. The normalized spacial score (nSPS) is 13.5. The molecule has 0 fully saturated rings. The molecule has 0 radical (unpaired) electrons. The predicted octanol–water partition coefficient (Wildman–Crippen LogP) is 1.63. The van der Waals surface area contributed by atoms with Crippen LogP contribution < -0.4 is 29.0 Å². The van der Waals surface area contributed by atoms with Gasteiger partial charge in [0.15, 0.2) is 0 Å². The van der Waals surface area contributed by atoms with Crippen molar-refractivity contribution in [3.8, 4) is 0 Å². The topological polar surface area (TPSA) is 31.0 Å². The highest BCUT2D eigenvalue weighted by molar-refractivity contribution is 5.99. The number of benzene rings is 3. The molecule has 0 saturated carbocycles. The average molecular weight is 440 g/mol. The minimum absolute atomic E-state index is 0. The van der Waals surface area contributed by atoms with Crippen molar-refractivity contribution in [2.75, 3.05) is 11.7 Å². The molecule has 4 nitrogen and oxygen atoms in total. The van der Waals surface area contributed by atoms with Crippen molar-refractivity contribution in [1.29, 1.82) is 0 Å². The van der Waals surface area contributed by atoms with Crippen LogP contribution >= 0.6 is 0 Å². The summed E-state index contributed by atoms with van der Waals surface area (Å²) in [6.45, 7) is 0.574. The molecule has 0 atom stereocenters. The Kier molecular flexibility index (Phi) is 5.55. The highest BCUT2D eigenvalue weighted by Crippen LogP contribution is 2.22. The largest absolute Gasteiger partial charge is 1.00 e. The van der Waals surface area contributed by atoms with Gasteiger partial charge in [-0.25, -0.2) is 5.01 Å². The van der Waals surface area contributed by atoms with E-state index in [1.54, 1.807) is 0 Å². The lowest BCUT2D eigenvalue weighted by Crippen LogP contribution is -3.00. The highest BCUT2D eigenvalue weighted by Gasteiger charge is 2.25. The first-order valence-corrected chi connectivity index (χ1v) is 7.91. The zero-order valence-corrected chi connectivity index (χ0v) is 15.7. The van der Waals surface area contributed by atoms with E-state index in [0.717, 1.165) is 16.9 Å².